The minimum absolute atomic E-state index is 0.233. The predicted molar refractivity (Wildman–Crippen MR) is 139 cm³/mol. The van der Waals surface area contributed by atoms with Crippen molar-refractivity contribution in [3.8, 4) is 17.2 Å². The molecule has 1 unspecified atom stereocenters. The van der Waals surface area contributed by atoms with Crippen molar-refractivity contribution in [1.29, 1.82) is 0 Å². The molecule has 0 saturated heterocycles. The van der Waals surface area contributed by atoms with Gasteiger partial charge in [0.25, 0.3) is 5.91 Å². The quantitative estimate of drug-likeness (QED) is 0.558. The van der Waals surface area contributed by atoms with Gasteiger partial charge < -0.3 is 14.2 Å². The molecule has 36 heavy (non-hydrogen) atoms. The number of rotatable bonds is 6. The van der Waals surface area contributed by atoms with Crippen molar-refractivity contribution >= 4 is 28.5 Å². The SMILES string of the molecule is COc1cc(OC)c(C2N=c3ccccc3=C3C(=O)NC(SCc4ccc(C)cc4)=NN32)cc1OC. The van der Waals surface area contributed by atoms with Crippen LogP contribution in [0.4, 0.5) is 0 Å². The molecule has 2 heterocycles. The Labute approximate surface area is 213 Å². The monoisotopic (exact) mass is 502 g/mol. The van der Waals surface area contributed by atoms with Crippen molar-refractivity contribution in [2.24, 2.45) is 10.1 Å². The molecule has 3 aromatic carbocycles. The second-order valence-corrected chi connectivity index (χ2v) is 9.26. The fourth-order valence-corrected chi connectivity index (χ4v) is 4.99. The number of hydrogen-bond donors (Lipinski definition) is 1. The Morgan fingerprint density at radius 1 is 0.944 bits per heavy atom. The third-order valence-corrected chi connectivity index (χ3v) is 6.96. The number of amides is 1. The lowest BCUT2D eigenvalue weighted by atomic mass is 10.1. The molecule has 0 radical (unpaired) electrons. The van der Waals surface area contributed by atoms with Gasteiger partial charge in [-0.3, -0.25) is 15.1 Å². The molecule has 2 aliphatic heterocycles. The molecule has 0 spiro atoms. The van der Waals surface area contributed by atoms with Gasteiger partial charge in [-0.25, -0.2) is 5.01 Å². The standard InChI is InChI=1S/C27H26N4O4S/c1-16-9-11-17(12-10-16)15-36-27-29-26(32)24-18-7-5-6-8-20(18)28-25(31(24)30-27)19-13-22(34-3)23(35-4)14-21(19)33-2/h5-14,25H,15H2,1-4H3,(H,29,30,32). The number of nitrogens with one attached hydrogen (secondary N) is 1. The smallest absolute Gasteiger partial charge is 0.276 e. The summed E-state index contributed by atoms with van der Waals surface area (Å²) in [6, 6.07) is 19.4. The normalized spacial score (nSPS) is 16.3. The Morgan fingerprint density at radius 2 is 1.64 bits per heavy atom. The summed E-state index contributed by atoms with van der Waals surface area (Å²) in [5.74, 6) is 2.05. The molecule has 0 saturated carbocycles. The van der Waals surface area contributed by atoms with Crippen molar-refractivity contribution < 1.29 is 19.0 Å². The van der Waals surface area contributed by atoms with E-state index in [4.69, 9.17) is 24.3 Å². The molecule has 0 fully saturated rings. The van der Waals surface area contributed by atoms with E-state index in [0.29, 0.717) is 44.8 Å². The summed E-state index contributed by atoms with van der Waals surface area (Å²) in [7, 11) is 4.73. The van der Waals surface area contributed by atoms with E-state index in [1.54, 1.807) is 32.4 Å². The second-order valence-electron chi connectivity index (χ2n) is 8.30. The van der Waals surface area contributed by atoms with Gasteiger partial charge in [-0.2, -0.15) is 0 Å². The number of hydrogen-bond acceptors (Lipinski definition) is 8. The Balaban J connectivity index is 1.61. The van der Waals surface area contributed by atoms with E-state index in [-0.39, 0.29) is 5.91 Å². The number of amidine groups is 1. The zero-order chi connectivity index (χ0) is 25.2. The first-order valence-electron chi connectivity index (χ1n) is 11.4. The molecule has 9 heteroatoms. The van der Waals surface area contributed by atoms with E-state index in [9.17, 15) is 4.79 Å². The van der Waals surface area contributed by atoms with E-state index < -0.39 is 6.17 Å². The lowest BCUT2D eigenvalue weighted by molar-refractivity contribution is -0.116. The summed E-state index contributed by atoms with van der Waals surface area (Å²) >= 11 is 1.46. The first-order valence-corrected chi connectivity index (χ1v) is 12.4. The Morgan fingerprint density at radius 3 is 2.36 bits per heavy atom. The number of aryl methyl sites for hydroxylation is 1. The van der Waals surface area contributed by atoms with Crippen LogP contribution in [0.3, 0.4) is 0 Å². The molecule has 0 aliphatic carbocycles. The first-order chi connectivity index (χ1) is 17.5. The van der Waals surface area contributed by atoms with E-state index in [1.807, 2.05) is 30.3 Å². The summed E-state index contributed by atoms with van der Waals surface area (Å²) < 4.78 is 16.7. The molecule has 1 atom stereocenters. The highest BCUT2D eigenvalue weighted by molar-refractivity contribution is 8.13. The number of para-hydroxylation sites is 1. The summed E-state index contributed by atoms with van der Waals surface area (Å²) in [5.41, 5.74) is 3.47. The molecule has 0 bridgehead atoms. The lowest BCUT2D eigenvalue weighted by Gasteiger charge is -2.34. The fraction of sp³-hybridized carbons (Fsp3) is 0.222. The molecule has 0 aromatic heterocycles. The van der Waals surface area contributed by atoms with Crippen molar-refractivity contribution in [3.63, 3.8) is 0 Å². The van der Waals surface area contributed by atoms with Crippen LogP contribution in [0.1, 0.15) is 22.9 Å². The summed E-state index contributed by atoms with van der Waals surface area (Å²) in [4.78, 5) is 18.4. The minimum Gasteiger partial charge on any atom is -0.496 e. The van der Waals surface area contributed by atoms with Crippen LogP contribution < -0.4 is 30.1 Å². The minimum atomic E-state index is -0.648. The molecule has 184 valence electrons. The topological polar surface area (TPSA) is 84.8 Å². The van der Waals surface area contributed by atoms with Crippen LogP contribution in [0.15, 0.2) is 70.8 Å². The lowest BCUT2D eigenvalue weighted by Crippen LogP contribution is -2.50. The first kappa shape index (κ1) is 23.7. The number of methoxy groups -OCH3 is 3. The third kappa shape index (κ3) is 4.37. The maximum Gasteiger partial charge on any atom is 0.276 e. The maximum absolute atomic E-state index is 13.4. The highest BCUT2D eigenvalue weighted by Gasteiger charge is 2.36. The number of ether oxygens (including phenoxy) is 3. The number of fused-ring (bicyclic) bond motifs is 2. The van der Waals surface area contributed by atoms with E-state index in [0.717, 1.165) is 10.8 Å². The molecule has 2 aliphatic rings. The Hall–Kier alpha value is -3.98. The van der Waals surface area contributed by atoms with Gasteiger partial charge >= 0.3 is 0 Å². The van der Waals surface area contributed by atoms with Crippen LogP contribution in [-0.2, 0) is 10.5 Å². The number of thioether (sulfide) groups is 1. The van der Waals surface area contributed by atoms with E-state index >= 15 is 0 Å². The molecule has 1 N–H and O–H groups in total. The van der Waals surface area contributed by atoms with Crippen molar-refractivity contribution in [1.82, 2.24) is 10.3 Å². The van der Waals surface area contributed by atoms with Gasteiger partial charge in [0.1, 0.15) is 11.4 Å². The van der Waals surface area contributed by atoms with Gasteiger partial charge in [0.2, 0.25) is 0 Å². The van der Waals surface area contributed by atoms with Crippen LogP contribution in [-0.4, -0.2) is 37.4 Å². The summed E-state index contributed by atoms with van der Waals surface area (Å²) in [6.07, 6.45) is -0.648. The molecular formula is C27H26N4O4S. The molecular weight excluding hydrogens is 476 g/mol. The van der Waals surface area contributed by atoms with E-state index in [1.165, 1.54) is 17.3 Å². The number of nitrogens with zero attached hydrogens (tertiary/aromatic N) is 3. The van der Waals surface area contributed by atoms with Gasteiger partial charge in [-0.15, -0.1) is 5.10 Å². The van der Waals surface area contributed by atoms with Crippen molar-refractivity contribution in [3.05, 3.63) is 87.9 Å². The number of carbonyl (C=O) groups is 1. The van der Waals surface area contributed by atoms with Crippen LogP contribution in [0, 0.1) is 6.92 Å². The van der Waals surface area contributed by atoms with Crippen LogP contribution >= 0.6 is 11.8 Å². The second kappa shape index (κ2) is 9.94. The number of hydrazone groups is 1. The van der Waals surface area contributed by atoms with Gasteiger partial charge in [-0.1, -0.05) is 59.8 Å². The van der Waals surface area contributed by atoms with Crippen LogP contribution in [0.25, 0.3) is 5.70 Å². The van der Waals surface area contributed by atoms with Gasteiger partial charge in [0, 0.05) is 22.6 Å². The average molecular weight is 503 g/mol. The number of benzene rings is 3. The fourth-order valence-electron chi connectivity index (χ4n) is 4.19. The molecule has 5 rings (SSSR count). The molecule has 1 amide bonds. The van der Waals surface area contributed by atoms with Crippen molar-refractivity contribution in [2.75, 3.05) is 21.3 Å². The summed E-state index contributed by atoms with van der Waals surface area (Å²) in [6.45, 7) is 2.06. The zero-order valence-corrected chi connectivity index (χ0v) is 21.3. The van der Waals surface area contributed by atoms with E-state index in [2.05, 4.69) is 36.5 Å². The molecule has 3 aromatic rings. The summed E-state index contributed by atoms with van der Waals surface area (Å²) in [5, 5.41) is 11.4. The predicted octanol–water partition coefficient (Wildman–Crippen LogP) is 3.10. The van der Waals surface area contributed by atoms with Gasteiger partial charge in [-0.05, 0) is 24.6 Å². The van der Waals surface area contributed by atoms with Gasteiger partial charge in [0.15, 0.2) is 22.8 Å². The van der Waals surface area contributed by atoms with Crippen LogP contribution in [0.2, 0.25) is 0 Å². The van der Waals surface area contributed by atoms with Crippen molar-refractivity contribution in [2.45, 2.75) is 18.8 Å². The maximum atomic E-state index is 13.4. The molecule has 8 nitrogen and oxygen atoms in total. The highest BCUT2D eigenvalue weighted by Crippen LogP contribution is 2.41. The zero-order valence-electron chi connectivity index (χ0n) is 20.4. The Bertz CT molecular complexity index is 1470. The third-order valence-electron chi connectivity index (χ3n) is 6.03. The van der Waals surface area contributed by atoms with Crippen LogP contribution in [0.5, 0.6) is 17.2 Å². The number of carbonyl (C=O) groups excluding carboxylic acids is 1. The largest absolute Gasteiger partial charge is 0.496 e. The average Bonchev–Trinajstić information content (AvgIpc) is 2.91. The van der Waals surface area contributed by atoms with Gasteiger partial charge in [0.05, 0.1) is 26.7 Å². The Kier molecular flexibility index (Phi) is 6.56. The highest BCUT2D eigenvalue weighted by atomic mass is 32.2.